The number of halogens is 1. The third-order valence-corrected chi connectivity index (χ3v) is 1.45. The summed E-state index contributed by atoms with van der Waals surface area (Å²) in [7, 11) is 0. The maximum atomic E-state index is 12.6. The first kappa shape index (κ1) is 6.80. The Bertz CT molecular complexity index is 469. The molecule has 0 N–H and O–H groups in total. The lowest BCUT2D eigenvalue weighted by molar-refractivity contribution is 0.582. The van der Waals surface area contributed by atoms with E-state index in [1.165, 1.54) is 18.2 Å². The van der Waals surface area contributed by atoms with Crippen molar-refractivity contribution in [2.75, 3.05) is 0 Å². The summed E-state index contributed by atoms with van der Waals surface area (Å²) in [5.41, 5.74) is 0.791. The van der Waals surface area contributed by atoms with Gasteiger partial charge in [-0.25, -0.2) is 4.39 Å². The van der Waals surface area contributed by atoms with Crippen LogP contribution in [0.1, 0.15) is 5.89 Å². The zero-order chi connectivity index (χ0) is 8.55. The zero-order valence-corrected chi connectivity index (χ0v) is 5.91. The molecule has 12 heavy (non-hydrogen) atoms. The minimum absolute atomic E-state index is 0.0457. The van der Waals surface area contributed by atoms with Gasteiger partial charge in [0.05, 0.1) is 0 Å². The number of hydrogen-bond acceptors (Lipinski definition) is 3. The molecule has 0 bridgehead atoms. The lowest BCUT2D eigenvalue weighted by Gasteiger charge is -1.84. The van der Waals surface area contributed by atoms with Crippen LogP contribution >= 0.6 is 0 Å². The fourth-order valence-corrected chi connectivity index (χ4v) is 0.948. The second-order valence-electron chi connectivity index (χ2n) is 2.24. The quantitative estimate of drug-likeness (QED) is 0.593. The summed E-state index contributed by atoms with van der Waals surface area (Å²) >= 11 is 0. The van der Waals surface area contributed by atoms with Gasteiger partial charge in [0.15, 0.2) is 11.7 Å². The lowest BCUT2D eigenvalue weighted by atomic mass is 10.3. The summed E-state index contributed by atoms with van der Waals surface area (Å²) in [5, 5.41) is 8.41. The first-order valence-corrected chi connectivity index (χ1v) is 3.26. The van der Waals surface area contributed by atoms with Crippen LogP contribution in [0.15, 0.2) is 22.6 Å². The van der Waals surface area contributed by atoms with E-state index < -0.39 is 0 Å². The van der Waals surface area contributed by atoms with Crippen molar-refractivity contribution in [3.8, 4) is 6.07 Å². The van der Waals surface area contributed by atoms with Crippen LogP contribution in [0.3, 0.4) is 0 Å². The van der Waals surface area contributed by atoms with E-state index in [-0.39, 0.29) is 11.7 Å². The van der Waals surface area contributed by atoms with E-state index in [2.05, 4.69) is 4.98 Å². The third kappa shape index (κ3) is 0.920. The molecule has 1 aromatic carbocycles. The second kappa shape index (κ2) is 2.31. The molecule has 2 rings (SSSR count). The third-order valence-electron chi connectivity index (χ3n) is 1.45. The lowest BCUT2D eigenvalue weighted by Crippen LogP contribution is -1.72. The van der Waals surface area contributed by atoms with Crippen LogP contribution in [-0.2, 0) is 0 Å². The minimum Gasteiger partial charge on any atom is -0.428 e. The highest BCUT2D eigenvalue weighted by atomic mass is 19.1. The Morgan fingerprint density at radius 1 is 1.50 bits per heavy atom. The molecule has 58 valence electrons. The van der Waals surface area contributed by atoms with Crippen molar-refractivity contribution in [1.82, 2.24) is 4.98 Å². The number of benzene rings is 1. The molecule has 1 heterocycles. The molecule has 0 aliphatic heterocycles. The van der Waals surface area contributed by atoms with Gasteiger partial charge >= 0.3 is 5.89 Å². The van der Waals surface area contributed by atoms with Crippen LogP contribution in [-0.4, -0.2) is 4.98 Å². The van der Waals surface area contributed by atoms with Gasteiger partial charge in [0.1, 0.15) is 11.3 Å². The van der Waals surface area contributed by atoms with Crippen LogP contribution in [0.4, 0.5) is 4.39 Å². The topological polar surface area (TPSA) is 49.8 Å². The summed E-state index contributed by atoms with van der Waals surface area (Å²) in [6.45, 7) is 0. The van der Waals surface area contributed by atoms with Gasteiger partial charge in [-0.15, -0.1) is 0 Å². The minimum atomic E-state index is -0.389. The van der Waals surface area contributed by atoms with E-state index in [1.54, 1.807) is 6.07 Å². The SMILES string of the molecule is N#Cc1nc2cc(F)ccc2o1. The van der Waals surface area contributed by atoms with E-state index >= 15 is 0 Å². The fraction of sp³-hybridized carbons (Fsp3) is 0. The van der Waals surface area contributed by atoms with Gasteiger partial charge in [0, 0.05) is 6.07 Å². The Hall–Kier alpha value is -1.89. The Morgan fingerprint density at radius 3 is 3.08 bits per heavy atom. The Morgan fingerprint density at radius 2 is 2.33 bits per heavy atom. The number of fused-ring (bicyclic) bond motifs is 1. The van der Waals surface area contributed by atoms with Crippen molar-refractivity contribution in [3.05, 3.63) is 29.9 Å². The van der Waals surface area contributed by atoms with Crippen molar-refractivity contribution in [1.29, 1.82) is 5.26 Å². The highest BCUT2D eigenvalue weighted by Gasteiger charge is 2.04. The molecule has 0 radical (unpaired) electrons. The van der Waals surface area contributed by atoms with E-state index in [4.69, 9.17) is 9.68 Å². The van der Waals surface area contributed by atoms with Gasteiger partial charge in [-0.1, -0.05) is 0 Å². The van der Waals surface area contributed by atoms with E-state index in [0.29, 0.717) is 11.1 Å². The number of nitriles is 1. The van der Waals surface area contributed by atoms with Crippen molar-refractivity contribution in [2.45, 2.75) is 0 Å². The maximum Gasteiger partial charge on any atom is 0.301 e. The molecule has 0 saturated heterocycles. The Balaban J connectivity index is 2.77. The largest absolute Gasteiger partial charge is 0.428 e. The number of nitrogens with zero attached hydrogens (tertiary/aromatic N) is 2. The van der Waals surface area contributed by atoms with Gasteiger partial charge in [-0.2, -0.15) is 10.2 Å². The first-order valence-electron chi connectivity index (χ1n) is 3.26. The smallest absolute Gasteiger partial charge is 0.301 e. The van der Waals surface area contributed by atoms with Crippen LogP contribution in [0.25, 0.3) is 11.1 Å². The van der Waals surface area contributed by atoms with Crippen molar-refractivity contribution >= 4 is 11.1 Å². The molecular formula is C8H3FN2O. The van der Waals surface area contributed by atoms with Crippen molar-refractivity contribution in [3.63, 3.8) is 0 Å². The van der Waals surface area contributed by atoms with Crippen LogP contribution in [0.5, 0.6) is 0 Å². The first-order chi connectivity index (χ1) is 5.79. The van der Waals surface area contributed by atoms with E-state index in [1.807, 2.05) is 0 Å². The predicted molar refractivity (Wildman–Crippen MR) is 38.7 cm³/mol. The predicted octanol–water partition coefficient (Wildman–Crippen LogP) is 1.84. The monoisotopic (exact) mass is 162 g/mol. The standard InChI is InChI=1S/C8H3FN2O/c9-5-1-2-7-6(3-5)11-8(4-10)12-7/h1-3H. The fourth-order valence-electron chi connectivity index (χ4n) is 0.948. The molecule has 3 nitrogen and oxygen atoms in total. The number of rotatable bonds is 0. The Kier molecular flexibility index (Phi) is 1.31. The summed E-state index contributed by atoms with van der Waals surface area (Å²) in [6.07, 6.45) is 0. The average molecular weight is 162 g/mol. The van der Waals surface area contributed by atoms with E-state index in [9.17, 15) is 4.39 Å². The molecule has 0 spiro atoms. The van der Waals surface area contributed by atoms with Gasteiger partial charge < -0.3 is 4.42 Å². The van der Waals surface area contributed by atoms with Gasteiger partial charge in [-0.3, -0.25) is 0 Å². The molecule has 0 aliphatic rings. The van der Waals surface area contributed by atoms with Crippen molar-refractivity contribution < 1.29 is 8.81 Å². The molecule has 0 aliphatic carbocycles. The molecule has 2 aromatic rings. The molecule has 0 saturated carbocycles. The van der Waals surface area contributed by atoms with Gasteiger partial charge in [0.25, 0.3) is 0 Å². The molecular weight excluding hydrogens is 159 g/mol. The molecule has 0 atom stereocenters. The number of oxazole rings is 1. The highest BCUT2D eigenvalue weighted by molar-refractivity contribution is 5.72. The van der Waals surface area contributed by atoms with Crippen molar-refractivity contribution in [2.24, 2.45) is 0 Å². The molecule has 0 unspecified atom stereocenters. The average Bonchev–Trinajstić information content (AvgIpc) is 2.46. The van der Waals surface area contributed by atoms with Gasteiger partial charge in [0.2, 0.25) is 0 Å². The maximum absolute atomic E-state index is 12.6. The zero-order valence-electron chi connectivity index (χ0n) is 5.91. The molecule has 1 aromatic heterocycles. The summed E-state index contributed by atoms with van der Waals surface area (Å²) in [5.74, 6) is -0.434. The summed E-state index contributed by atoms with van der Waals surface area (Å²) in [6, 6.07) is 5.66. The van der Waals surface area contributed by atoms with Crippen LogP contribution in [0.2, 0.25) is 0 Å². The summed E-state index contributed by atoms with van der Waals surface area (Å²) in [4.78, 5) is 3.72. The van der Waals surface area contributed by atoms with Gasteiger partial charge in [-0.05, 0) is 12.1 Å². The molecule has 0 amide bonds. The number of hydrogen-bond donors (Lipinski definition) is 0. The van der Waals surface area contributed by atoms with Crippen LogP contribution < -0.4 is 0 Å². The molecule has 0 fully saturated rings. The summed E-state index contributed by atoms with van der Waals surface area (Å²) < 4.78 is 17.5. The highest BCUT2D eigenvalue weighted by Crippen LogP contribution is 2.15. The van der Waals surface area contributed by atoms with E-state index in [0.717, 1.165) is 0 Å². The second-order valence-corrected chi connectivity index (χ2v) is 2.24. The van der Waals surface area contributed by atoms with Crippen LogP contribution in [0, 0.1) is 17.1 Å². The Labute approximate surface area is 67.1 Å². The molecule has 4 heteroatoms. The number of aromatic nitrogens is 1. The normalized spacial score (nSPS) is 10.0.